The molecule has 0 bridgehead atoms. The maximum atomic E-state index is 10.5. The zero-order valence-corrected chi connectivity index (χ0v) is 7.51. The Hall–Kier alpha value is -1.02. The van der Waals surface area contributed by atoms with Crippen LogP contribution in [0.3, 0.4) is 0 Å². The lowest BCUT2D eigenvalue weighted by Gasteiger charge is -2.07. The van der Waals surface area contributed by atoms with Crippen molar-refractivity contribution in [3.63, 3.8) is 0 Å². The van der Waals surface area contributed by atoms with Crippen LogP contribution >= 0.6 is 11.6 Å². The van der Waals surface area contributed by atoms with Crippen molar-refractivity contribution in [1.82, 2.24) is 0 Å². The average molecular weight is 184 g/mol. The molecule has 1 aromatic rings. The number of aldehydes is 1. The van der Waals surface area contributed by atoms with E-state index in [4.69, 9.17) is 17.3 Å². The Morgan fingerprint density at radius 1 is 1.58 bits per heavy atom. The minimum absolute atomic E-state index is 0.194. The van der Waals surface area contributed by atoms with Gasteiger partial charge in [-0.05, 0) is 11.6 Å². The highest BCUT2D eigenvalue weighted by Crippen LogP contribution is 2.27. The van der Waals surface area contributed by atoms with Crippen molar-refractivity contribution in [3.05, 3.63) is 28.8 Å². The third-order valence-electron chi connectivity index (χ3n) is 1.75. The number of carbonyl (C=O) groups excluding carboxylic acids is 1. The summed E-state index contributed by atoms with van der Waals surface area (Å²) in [6.45, 7) is 1.79. The molecule has 0 spiro atoms. The van der Waals surface area contributed by atoms with Crippen LogP contribution in [0.25, 0.3) is 0 Å². The van der Waals surface area contributed by atoms with E-state index >= 15 is 0 Å². The van der Waals surface area contributed by atoms with Gasteiger partial charge in [-0.1, -0.05) is 30.7 Å². The molecule has 0 aliphatic heterocycles. The summed E-state index contributed by atoms with van der Waals surface area (Å²) in [6.07, 6.45) is 0.848. The fraction of sp³-hybridized carbons (Fsp3) is 0.222. The molecule has 0 saturated carbocycles. The van der Waals surface area contributed by atoms with E-state index in [1.165, 1.54) is 0 Å². The molecule has 0 fully saturated rings. The molecule has 0 radical (unpaired) electrons. The quantitative estimate of drug-likeness (QED) is 0.565. The smallest absolute Gasteiger partial charge is 0.127 e. The summed E-state index contributed by atoms with van der Waals surface area (Å²) in [4.78, 5) is 10.5. The zero-order chi connectivity index (χ0) is 9.14. The Morgan fingerprint density at radius 2 is 2.25 bits per heavy atom. The Morgan fingerprint density at radius 3 is 2.83 bits per heavy atom. The molecule has 3 heteroatoms. The molecular weight excluding hydrogens is 174 g/mol. The number of benzene rings is 1. The lowest BCUT2D eigenvalue weighted by Crippen LogP contribution is -1.97. The van der Waals surface area contributed by atoms with Gasteiger partial charge in [-0.2, -0.15) is 0 Å². The van der Waals surface area contributed by atoms with E-state index in [1.807, 2.05) is 0 Å². The Kier molecular flexibility index (Phi) is 2.71. The summed E-state index contributed by atoms with van der Waals surface area (Å²) < 4.78 is 0. The number of carbonyl (C=O) groups is 1. The van der Waals surface area contributed by atoms with Crippen molar-refractivity contribution in [1.29, 1.82) is 0 Å². The molecule has 12 heavy (non-hydrogen) atoms. The van der Waals surface area contributed by atoms with E-state index in [0.717, 1.165) is 11.8 Å². The summed E-state index contributed by atoms with van der Waals surface area (Å²) in [5.74, 6) is -0.194. The largest absolute Gasteiger partial charge is 0.398 e. The van der Waals surface area contributed by atoms with E-state index in [9.17, 15) is 4.79 Å². The normalized spacial score (nSPS) is 12.5. The molecule has 0 saturated heterocycles. The summed E-state index contributed by atoms with van der Waals surface area (Å²) in [5.41, 5.74) is 6.87. The first-order chi connectivity index (χ1) is 5.66. The van der Waals surface area contributed by atoms with Crippen molar-refractivity contribution in [2.75, 3.05) is 5.73 Å². The minimum Gasteiger partial charge on any atom is -0.398 e. The first-order valence-electron chi connectivity index (χ1n) is 3.66. The molecular formula is C9H10ClNO. The molecule has 64 valence electrons. The number of nitrogens with two attached hydrogens (primary N) is 1. The van der Waals surface area contributed by atoms with Crippen LogP contribution in [0.15, 0.2) is 18.2 Å². The maximum Gasteiger partial charge on any atom is 0.127 e. The highest BCUT2D eigenvalue weighted by Gasteiger charge is 2.09. The zero-order valence-electron chi connectivity index (χ0n) is 6.75. The number of hydrogen-bond donors (Lipinski definition) is 1. The van der Waals surface area contributed by atoms with Crippen molar-refractivity contribution >= 4 is 23.6 Å². The summed E-state index contributed by atoms with van der Waals surface area (Å²) in [5, 5.41) is 0.483. The van der Waals surface area contributed by atoms with Gasteiger partial charge in [0.25, 0.3) is 0 Å². The van der Waals surface area contributed by atoms with Gasteiger partial charge in [0.05, 0.1) is 10.7 Å². The molecule has 0 heterocycles. The van der Waals surface area contributed by atoms with Crippen molar-refractivity contribution in [2.45, 2.75) is 12.8 Å². The van der Waals surface area contributed by atoms with Crippen molar-refractivity contribution in [3.8, 4) is 0 Å². The minimum atomic E-state index is -0.194. The lowest BCUT2D eigenvalue weighted by atomic mass is 10.0. The predicted molar refractivity (Wildman–Crippen MR) is 50.3 cm³/mol. The topological polar surface area (TPSA) is 43.1 Å². The highest BCUT2D eigenvalue weighted by molar-refractivity contribution is 6.34. The molecule has 2 nitrogen and oxygen atoms in total. The number of anilines is 1. The predicted octanol–water partition coefficient (Wildman–Crippen LogP) is 2.22. The average Bonchev–Trinajstić information content (AvgIpc) is 2.08. The monoisotopic (exact) mass is 183 g/mol. The van der Waals surface area contributed by atoms with Gasteiger partial charge in [-0.3, -0.25) is 0 Å². The lowest BCUT2D eigenvalue weighted by molar-refractivity contribution is -0.108. The number of rotatable bonds is 2. The van der Waals surface area contributed by atoms with E-state index in [1.54, 1.807) is 25.1 Å². The van der Waals surface area contributed by atoms with E-state index < -0.39 is 0 Å². The number of nitrogen functional groups attached to an aromatic ring is 1. The van der Waals surface area contributed by atoms with Gasteiger partial charge in [-0.15, -0.1) is 0 Å². The molecule has 1 aromatic carbocycles. The fourth-order valence-electron chi connectivity index (χ4n) is 0.993. The van der Waals surface area contributed by atoms with Crippen molar-refractivity contribution in [2.24, 2.45) is 0 Å². The van der Waals surface area contributed by atoms with Crippen LogP contribution in [0.2, 0.25) is 5.02 Å². The molecule has 2 N–H and O–H groups in total. The standard InChI is InChI=1S/C9H10ClNO/c1-6(5-12)7-3-2-4-8(11)9(7)10/h2-6H,11H2,1H3. The van der Waals surface area contributed by atoms with Crippen molar-refractivity contribution < 1.29 is 4.79 Å². The van der Waals surface area contributed by atoms with E-state index in [0.29, 0.717) is 10.7 Å². The summed E-state index contributed by atoms with van der Waals surface area (Å²) in [7, 11) is 0. The molecule has 1 rings (SSSR count). The second kappa shape index (κ2) is 3.59. The summed E-state index contributed by atoms with van der Waals surface area (Å²) >= 11 is 5.88. The number of hydrogen-bond acceptors (Lipinski definition) is 2. The van der Waals surface area contributed by atoms with Gasteiger partial charge in [0.2, 0.25) is 0 Å². The maximum absolute atomic E-state index is 10.5. The molecule has 0 amide bonds. The van der Waals surface area contributed by atoms with Crippen LogP contribution in [0, 0.1) is 0 Å². The fourth-order valence-corrected chi connectivity index (χ4v) is 1.29. The van der Waals surface area contributed by atoms with E-state index in [-0.39, 0.29) is 5.92 Å². The van der Waals surface area contributed by atoms with Gasteiger partial charge in [0.1, 0.15) is 6.29 Å². The summed E-state index contributed by atoms with van der Waals surface area (Å²) in [6, 6.07) is 5.30. The number of halogens is 1. The first kappa shape index (κ1) is 9.07. The molecule has 1 atom stereocenters. The van der Waals surface area contributed by atoms with E-state index in [2.05, 4.69) is 0 Å². The van der Waals surface area contributed by atoms with Gasteiger partial charge in [0.15, 0.2) is 0 Å². The Labute approximate surface area is 76.3 Å². The highest BCUT2D eigenvalue weighted by atomic mass is 35.5. The SMILES string of the molecule is CC(C=O)c1cccc(N)c1Cl. The molecule has 1 unspecified atom stereocenters. The van der Waals surface area contributed by atoms with Crippen LogP contribution < -0.4 is 5.73 Å². The van der Waals surface area contributed by atoms with Crippen LogP contribution in [0.4, 0.5) is 5.69 Å². The van der Waals surface area contributed by atoms with Crippen LogP contribution in [-0.2, 0) is 4.79 Å². The van der Waals surface area contributed by atoms with Gasteiger partial charge < -0.3 is 10.5 Å². The second-order valence-corrected chi connectivity index (χ2v) is 3.05. The first-order valence-corrected chi connectivity index (χ1v) is 4.03. The molecule has 0 aromatic heterocycles. The van der Waals surface area contributed by atoms with Crippen LogP contribution in [-0.4, -0.2) is 6.29 Å². The third-order valence-corrected chi connectivity index (χ3v) is 2.19. The second-order valence-electron chi connectivity index (χ2n) is 2.68. The molecule has 0 aliphatic rings. The Balaban J connectivity index is 3.15. The van der Waals surface area contributed by atoms with Gasteiger partial charge in [0, 0.05) is 5.92 Å². The molecule has 0 aliphatic carbocycles. The van der Waals surface area contributed by atoms with Gasteiger partial charge in [-0.25, -0.2) is 0 Å². The van der Waals surface area contributed by atoms with Gasteiger partial charge >= 0.3 is 0 Å². The van der Waals surface area contributed by atoms with Crippen LogP contribution in [0.5, 0.6) is 0 Å². The Bertz CT molecular complexity index is 299. The van der Waals surface area contributed by atoms with Crippen LogP contribution in [0.1, 0.15) is 18.4 Å². The third kappa shape index (κ3) is 1.59.